The van der Waals surface area contributed by atoms with Crippen LogP contribution in [0.5, 0.6) is 0 Å². The SMILES string of the molecule is O=c1[nH]cccc1CN1CC2(CNC2)C1. The summed E-state index contributed by atoms with van der Waals surface area (Å²) in [6.45, 7) is 5.35. The van der Waals surface area contributed by atoms with E-state index in [9.17, 15) is 4.79 Å². The fourth-order valence-electron chi connectivity index (χ4n) is 2.54. The summed E-state index contributed by atoms with van der Waals surface area (Å²) in [5, 5.41) is 3.31. The van der Waals surface area contributed by atoms with Crippen LogP contribution < -0.4 is 10.9 Å². The van der Waals surface area contributed by atoms with Crippen LogP contribution >= 0.6 is 0 Å². The van der Waals surface area contributed by atoms with E-state index in [2.05, 4.69) is 15.2 Å². The molecule has 80 valence electrons. The van der Waals surface area contributed by atoms with Crippen molar-refractivity contribution in [1.29, 1.82) is 0 Å². The van der Waals surface area contributed by atoms with Crippen LogP contribution in [0, 0.1) is 5.41 Å². The molecule has 3 rings (SSSR count). The second-order valence-corrected chi connectivity index (χ2v) is 4.77. The summed E-state index contributed by atoms with van der Waals surface area (Å²) in [7, 11) is 0. The molecule has 2 N–H and O–H groups in total. The third-order valence-electron chi connectivity index (χ3n) is 3.41. The average Bonchev–Trinajstić information content (AvgIpc) is 2.10. The lowest BCUT2D eigenvalue weighted by Gasteiger charge is -2.56. The van der Waals surface area contributed by atoms with Crippen molar-refractivity contribution in [2.75, 3.05) is 26.2 Å². The van der Waals surface area contributed by atoms with Gasteiger partial charge in [-0.3, -0.25) is 9.69 Å². The maximum Gasteiger partial charge on any atom is 0.252 e. The molecule has 2 aliphatic heterocycles. The van der Waals surface area contributed by atoms with Gasteiger partial charge in [-0.15, -0.1) is 0 Å². The minimum absolute atomic E-state index is 0.0465. The smallest absolute Gasteiger partial charge is 0.252 e. The Morgan fingerprint density at radius 1 is 1.40 bits per heavy atom. The maximum atomic E-state index is 11.4. The van der Waals surface area contributed by atoms with Crippen molar-refractivity contribution in [3.63, 3.8) is 0 Å². The number of aromatic nitrogens is 1. The molecule has 0 saturated carbocycles. The highest BCUT2D eigenvalue weighted by molar-refractivity contribution is 5.12. The van der Waals surface area contributed by atoms with Crippen LogP contribution in [0.2, 0.25) is 0 Å². The summed E-state index contributed by atoms with van der Waals surface area (Å²) in [5.74, 6) is 0. The summed E-state index contributed by atoms with van der Waals surface area (Å²) < 4.78 is 0. The summed E-state index contributed by atoms with van der Waals surface area (Å²) in [4.78, 5) is 16.5. The monoisotopic (exact) mass is 205 g/mol. The molecule has 0 unspecified atom stereocenters. The van der Waals surface area contributed by atoms with E-state index >= 15 is 0 Å². The van der Waals surface area contributed by atoms with E-state index in [4.69, 9.17) is 0 Å². The highest BCUT2D eigenvalue weighted by Crippen LogP contribution is 2.34. The predicted molar refractivity (Wildman–Crippen MR) is 57.6 cm³/mol. The molecule has 1 aromatic heterocycles. The molecule has 1 spiro atoms. The number of rotatable bonds is 2. The minimum atomic E-state index is 0.0465. The van der Waals surface area contributed by atoms with Crippen molar-refractivity contribution in [2.24, 2.45) is 5.41 Å². The van der Waals surface area contributed by atoms with Gasteiger partial charge in [-0.1, -0.05) is 6.07 Å². The molecule has 0 bridgehead atoms. The number of nitrogens with one attached hydrogen (secondary N) is 2. The average molecular weight is 205 g/mol. The third-order valence-corrected chi connectivity index (χ3v) is 3.41. The van der Waals surface area contributed by atoms with Gasteiger partial charge in [-0.25, -0.2) is 0 Å². The zero-order valence-electron chi connectivity index (χ0n) is 8.62. The summed E-state index contributed by atoms with van der Waals surface area (Å²) in [6.07, 6.45) is 1.68. The molecule has 3 heterocycles. The number of nitrogens with zero attached hydrogens (tertiary/aromatic N) is 1. The lowest BCUT2D eigenvalue weighted by molar-refractivity contribution is -0.0446. The van der Waals surface area contributed by atoms with Gasteiger partial charge in [0, 0.05) is 49.9 Å². The zero-order chi connectivity index (χ0) is 10.3. The van der Waals surface area contributed by atoms with E-state index < -0.39 is 0 Å². The lowest BCUT2D eigenvalue weighted by atomic mass is 9.74. The van der Waals surface area contributed by atoms with Crippen molar-refractivity contribution in [1.82, 2.24) is 15.2 Å². The first-order valence-electron chi connectivity index (χ1n) is 5.37. The Kier molecular flexibility index (Phi) is 1.94. The van der Waals surface area contributed by atoms with Gasteiger partial charge in [0.1, 0.15) is 0 Å². The van der Waals surface area contributed by atoms with Gasteiger partial charge in [-0.2, -0.15) is 0 Å². The van der Waals surface area contributed by atoms with Crippen molar-refractivity contribution in [3.05, 3.63) is 34.2 Å². The molecular formula is C11H15N3O. The molecule has 0 aliphatic carbocycles. The standard InChI is InChI=1S/C11H15N3O/c15-10-9(2-1-3-13-10)4-14-7-11(8-14)5-12-6-11/h1-3,12H,4-8H2,(H,13,15). The zero-order valence-corrected chi connectivity index (χ0v) is 8.62. The molecule has 0 aromatic carbocycles. The summed E-state index contributed by atoms with van der Waals surface area (Å²) in [6, 6.07) is 3.79. The first-order chi connectivity index (χ1) is 7.27. The third kappa shape index (κ3) is 1.50. The van der Waals surface area contributed by atoms with E-state index in [1.807, 2.05) is 12.1 Å². The molecule has 0 atom stereocenters. The molecule has 4 nitrogen and oxygen atoms in total. The normalized spacial score (nSPS) is 23.5. The van der Waals surface area contributed by atoms with Crippen molar-refractivity contribution in [2.45, 2.75) is 6.54 Å². The topological polar surface area (TPSA) is 48.1 Å². The molecule has 1 aromatic rings. The van der Waals surface area contributed by atoms with Gasteiger partial charge < -0.3 is 10.3 Å². The van der Waals surface area contributed by atoms with Crippen molar-refractivity contribution in [3.8, 4) is 0 Å². The molecule has 15 heavy (non-hydrogen) atoms. The lowest BCUT2D eigenvalue weighted by Crippen LogP contribution is -2.70. The van der Waals surface area contributed by atoms with Crippen molar-refractivity contribution < 1.29 is 0 Å². The van der Waals surface area contributed by atoms with E-state index in [0.29, 0.717) is 5.41 Å². The van der Waals surface area contributed by atoms with E-state index in [-0.39, 0.29) is 5.56 Å². The van der Waals surface area contributed by atoms with Gasteiger partial charge in [0.2, 0.25) is 0 Å². The molecule has 2 fully saturated rings. The quantitative estimate of drug-likeness (QED) is 0.702. The highest BCUT2D eigenvalue weighted by atomic mass is 16.1. The molecule has 4 heteroatoms. The molecule has 2 aliphatic rings. The van der Waals surface area contributed by atoms with Crippen LogP contribution in [-0.2, 0) is 6.54 Å². The fraction of sp³-hybridized carbons (Fsp3) is 0.545. The van der Waals surface area contributed by atoms with Crippen LogP contribution in [0.15, 0.2) is 23.1 Å². The Balaban J connectivity index is 1.63. The van der Waals surface area contributed by atoms with E-state index in [1.165, 1.54) is 0 Å². The van der Waals surface area contributed by atoms with Crippen LogP contribution in [0.25, 0.3) is 0 Å². The predicted octanol–water partition coefficient (Wildman–Crippen LogP) is -0.220. The van der Waals surface area contributed by atoms with Gasteiger partial charge in [-0.05, 0) is 6.07 Å². The molecular weight excluding hydrogens is 190 g/mol. The number of aromatic amines is 1. The number of hydrogen-bond acceptors (Lipinski definition) is 3. The number of pyridine rings is 1. The van der Waals surface area contributed by atoms with Crippen molar-refractivity contribution >= 4 is 0 Å². The second kappa shape index (κ2) is 3.18. The molecule has 0 amide bonds. The Morgan fingerprint density at radius 3 is 2.80 bits per heavy atom. The van der Waals surface area contributed by atoms with Crippen LogP contribution in [0.3, 0.4) is 0 Å². The van der Waals surface area contributed by atoms with E-state index in [0.717, 1.165) is 38.3 Å². The first-order valence-corrected chi connectivity index (χ1v) is 5.37. The summed E-state index contributed by atoms with van der Waals surface area (Å²) in [5.41, 5.74) is 1.46. The Labute approximate surface area is 88.3 Å². The number of H-pyrrole nitrogens is 1. The van der Waals surface area contributed by atoms with Gasteiger partial charge in [0.15, 0.2) is 0 Å². The van der Waals surface area contributed by atoms with Gasteiger partial charge in [0.05, 0.1) is 0 Å². The van der Waals surface area contributed by atoms with Gasteiger partial charge >= 0.3 is 0 Å². The second-order valence-electron chi connectivity index (χ2n) is 4.77. The van der Waals surface area contributed by atoms with Crippen LogP contribution in [0.4, 0.5) is 0 Å². The van der Waals surface area contributed by atoms with Crippen LogP contribution in [-0.4, -0.2) is 36.1 Å². The largest absolute Gasteiger partial charge is 0.329 e. The Bertz CT molecular complexity index is 414. The molecule has 2 saturated heterocycles. The van der Waals surface area contributed by atoms with Crippen LogP contribution in [0.1, 0.15) is 5.56 Å². The first kappa shape index (κ1) is 9.12. The van der Waals surface area contributed by atoms with Gasteiger partial charge in [0.25, 0.3) is 5.56 Å². The molecule has 0 radical (unpaired) electrons. The highest BCUT2D eigenvalue weighted by Gasteiger charge is 2.47. The minimum Gasteiger partial charge on any atom is -0.329 e. The number of hydrogen-bond donors (Lipinski definition) is 2. The fourth-order valence-corrected chi connectivity index (χ4v) is 2.54. The maximum absolute atomic E-state index is 11.4. The van der Waals surface area contributed by atoms with E-state index in [1.54, 1.807) is 6.20 Å². The summed E-state index contributed by atoms with van der Waals surface area (Å²) >= 11 is 0. The Morgan fingerprint density at radius 2 is 2.20 bits per heavy atom. The Hall–Kier alpha value is -1.13. The number of likely N-dealkylation sites (tertiary alicyclic amines) is 1.